The second-order valence-corrected chi connectivity index (χ2v) is 12.0. The van der Waals surface area contributed by atoms with E-state index >= 15 is 0 Å². The SMILES string of the molecule is CC[C@H](C)[C@H](CO)N1C(=O)[C@@H]2[C@@H](C(=O)Nc3ccccc3)[C@H]3CC(C)C2(S3)C1C(=O)NC(C)C. The van der Waals surface area contributed by atoms with E-state index in [2.05, 4.69) is 17.6 Å². The van der Waals surface area contributed by atoms with E-state index in [1.54, 1.807) is 16.7 Å². The number of fused-ring (bicyclic) bond motifs is 1. The summed E-state index contributed by atoms with van der Waals surface area (Å²) in [6.07, 6.45) is 1.56. The van der Waals surface area contributed by atoms with Gasteiger partial charge in [-0.2, -0.15) is 0 Å². The Hall–Kier alpha value is -2.06. The summed E-state index contributed by atoms with van der Waals surface area (Å²) in [5.74, 6) is -1.49. The van der Waals surface area contributed by atoms with Crippen molar-refractivity contribution in [1.29, 1.82) is 0 Å². The van der Waals surface area contributed by atoms with Crippen LogP contribution in [0.25, 0.3) is 0 Å². The third-order valence-electron chi connectivity index (χ3n) is 8.05. The average molecular weight is 488 g/mol. The van der Waals surface area contributed by atoms with Gasteiger partial charge >= 0.3 is 0 Å². The van der Waals surface area contributed by atoms with Crippen LogP contribution in [0, 0.1) is 23.7 Å². The molecule has 3 fully saturated rings. The highest BCUT2D eigenvalue weighted by atomic mass is 32.2. The van der Waals surface area contributed by atoms with Gasteiger partial charge in [0.25, 0.3) is 0 Å². The number of nitrogens with zero attached hydrogens (tertiary/aromatic N) is 1. The number of para-hydroxylation sites is 1. The highest BCUT2D eigenvalue weighted by molar-refractivity contribution is 8.02. The Kier molecular flexibility index (Phi) is 7.02. The van der Waals surface area contributed by atoms with Crippen molar-refractivity contribution in [3.8, 4) is 0 Å². The summed E-state index contributed by atoms with van der Waals surface area (Å²) in [6, 6.07) is 8.03. The quantitative estimate of drug-likeness (QED) is 0.524. The van der Waals surface area contributed by atoms with Crippen LogP contribution in [0.2, 0.25) is 0 Å². The minimum Gasteiger partial charge on any atom is -0.394 e. The average Bonchev–Trinajstić information content (AvgIpc) is 3.38. The van der Waals surface area contributed by atoms with Crippen molar-refractivity contribution in [1.82, 2.24) is 10.2 Å². The summed E-state index contributed by atoms with van der Waals surface area (Å²) in [5, 5.41) is 16.4. The second-order valence-electron chi connectivity index (χ2n) is 10.5. The number of nitrogens with one attached hydrogen (secondary N) is 2. The van der Waals surface area contributed by atoms with Crippen LogP contribution in [0.1, 0.15) is 47.5 Å². The van der Waals surface area contributed by atoms with Crippen LogP contribution in [0.4, 0.5) is 5.69 Å². The first-order valence-electron chi connectivity index (χ1n) is 12.4. The molecule has 0 aliphatic carbocycles. The Morgan fingerprint density at radius 3 is 2.47 bits per heavy atom. The molecule has 3 aliphatic heterocycles. The smallest absolute Gasteiger partial charge is 0.244 e. The van der Waals surface area contributed by atoms with Gasteiger partial charge in [-0.15, -0.1) is 11.8 Å². The summed E-state index contributed by atoms with van der Waals surface area (Å²) < 4.78 is -0.680. The number of carbonyl (C=O) groups excluding carboxylic acids is 3. The molecule has 7 nitrogen and oxygen atoms in total. The van der Waals surface area contributed by atoms with Crippen LogP contribution in [-0.2, 0) is 14.4 Å². The molecule has 3 saturated heterocycles. The lowest BCUT2D eigenvalue weighted by atomic mass is 9.65. The first-order chi connectivity index (χ1) is 16.2. The van der Waals surface area contributed by atoms with Gasteiger partial charge in [0.05, 0.1) is 29.2 Å². The fourth-order valence-corrected chi connectivity index (χ4v) is 8.75. The normalized spacial score (nSPS) is 33.7. The standard InChI is InChI=1S/C26H37N3O4S/c1-6-15(4)18(13-30)29-22(24(32)27-14(2)3)26-16(5)12-19(34-26)20(21(26)25(29)33)23(31)28-17-10-8-7-9-11-17/h7-11,14-16,18-22,30H,6,12-13H2,1-5H3,(H,27,32)(H,28,31)/t15-,16?,18-,19+,20-,21-,22?,26?/m0/s1. The van der Waals surface area contributed by atoms with Crippen molar-refractivity contribution < 1.29 is 19.5 Å². The van der Waals surface area contributed by atoms with E-state index in [9.17, 15) is 19.5 Å². The van der Waals surface area contributed by atoms with Gasteiger partial charge in [0.1, 0.15) is 6.04 Å². The summed E-state index contributed by atoms with van der Waals surface area (Å²) in [4.78, 5) is 43.0. The van der Waals surface area contributed by atoms with Crippen molar-refractivity contribution in [3.63, 3.8) is 0 Å². The first-order valence-corrected chi connectivity index (χ1v) is 13.3. The zero-order chi connectivity index (χ0) is 24.8. The van der Waals surface area contributed by atoms with Crippen LogP contribution >= 0.6 is 11.8 Å². The van der Waals surface area contributed by atoms with Gasteiger partial charge in [0, 0.05) is 17.0 Å². The molecule has 3 unspecified atom stereocenters. The van der Waals surface area contributed by atoms with E-state index in [1.165, 1.54) is 0 Å². The maximum atomic E-state index is 14.1. The molecule has 1 spiro atoms. The number of carbonyl (C=O) groups is 3. The Morgan fingerprint density at radius 1 is 1.21 bits per heavy atom. The molecular weight excluding hydrogens is 450 g/mol. The van der Waals surface area contributed by atoms with Crippen LogP contribution in [0.5, 0.6) is 0 Å². The van der Waals surface area contributed by atoms with Gasteiger partial charge in [-0.3, -0.25) is 14.4 Å². The second kappa shape index (κ2) is 9.53. The molecule has 1 aromatic carbocycles. The van der Waals surface area contributed by atoms with Gasteiger partial charge in [0.2, 0.25) is 17.7 Å². The Balaban J connectivity index is 1.76. The monoisotopic (exact) mass is 487 g/mol. The number of likely N-dealkylation sites (tertiary alicyclic amines) is 1. The molecule has 3 N–H and O–H groups in total. The van der Waals surface area contributed by atoms with Gasteiger partial charge < -0.3 is 20.6 Å². The summed E-state index contributed by atoms with van der Waals surface area (Å²) in [7, 11) is 0. The molecule has 3 amide bonds. The number of thioether (sulfide) groups is 1. The minimum absolute atomic E-state index is 0.0136. The van der Waals surface area contributed by atoms with E-state index in [4.69, 9.17) is 0 Å². The molecule has 1 aromatic rings. The number of anilines is 1. The predicted octanol–water partition coefficient (Wildman–Crippen LogP) is 2.89. The van der Waals surface area contributed by atoms with Crippen molar-refractivity contribution >= 4 is 35.2 Å². The van der Waals surface area contributed by atoms with Crippen molar-refractivity contribution in [3.05, 3.63) is 30.3 Å². The molecule has 8 atom stereocenters. The fraction of sp³-hybridized carbons (Fsp3) is 0.654. The molecule has 3 aliphatic rings. The minimum atomic E-state index is -0.710. The van der Waals surface area contributed by atoms with E-state index in [0.717, 1.165) is 12.8 Å². The lowest BCUT2D eigenvalue weighted by Gasteiger charge is -2.41. The molecule has 4 rings (SSSR count). The van der Waals surface area contributed by atoms with Crippen molar-refractivity contribution in [2.75, 3.05) is 11.9 Å². The number of hydrogen-bond acceptors (Lipinski definition) is 5. The molecule has 2 bridgehead atoms. The Labute approximate surface area is 206 Å². The molecule has 8 heteroatoms. The summed E-state index contributed by atoms with van der Waals surface area (Å²) >= 11 is 1.66. The van der Waals surface area contributed by atoms with Crippen molar-refractivity contribution in [2.24, 2.45) is 23.7 Å². The molecule has 186 valence electrons. The van der Waals surface area contributed by atoms with E-state index in [-0.39, 0.29) is 47.5 Å². The van der Waals surface area contributed by atoms with E-state index in [0.29, 0.717) is 5.69 Å². The molecular formula is C26H37N3O4S. The van der Waals surface area contributed by atoms with Crippen LogP contribution < -0.4 is 10.6 Å². The fourth-order valence-electron chi connectivity index (χ4n) is 6.34. The number of amides is 3. The summed E-state index contributed by atoms with van der Waals surface area (Å²) in [5.41, 5.74) is 0.701. The zero-order valence-electron chi connectivity index (χ0n) is 20.7. The van der Waals surface area contributed by atoms with Crippen molar-refractivity contribution in [2.45, 2.75) is 75.6 Å². The molecule has 3 heterocycles. The van der Waals surface area contributed by atoms with Crippen LogP contribution in [-0.4, -0.2) is 62.5 Å². The number of aliphatic hydroxyl groups is 1. The Bertz CT molecular complexity index is 941. The lowest BCUT2D eigenvalue weighted by molar-refractivity contribution is -0.143. The van der Waals surface area contributed by atoms with Gasteiger partial charge in [0.15, 0.2) is 0 Å². The molecule has 34 heavy (non-hydrogen) atoms. The van der Waals surface area contributed by atoms with E-state index < -0.39 is 28.7 Å². The van der Waals surface area contributed by atoms with Crippen LogP contribution in [0.3, 0.4) is 0 Å². The third kappa shape index (κ3) is 3.83. The number of aliphatic hydroxyl groups excluding tert-OH is 1. The molecule has 0 radical (unpaired) electrons. The topological polar surface area (TPSA) is 98.7 Å². The predicted molar refractivity (Wildman–Crippen MR) is 134 cm³/mol. The molecule has 0 saturated carbocycles. The van der Waals surface area contributed by atoms with E-state index in [1.807, 2.05) is 58.0 Å². The lowest BCUT2D eigenvalue weighted by Crippen LogP contribution is -2.60. The summed E-state index contributed by atoms with van der Waals surface area (Å²) in [6.45, 7) is 9.74. The number of benzene rings is 1. The largest absolute Gasteiger partial charge is 0.394 e. The number of rotatable bonds is 8. The van der Waals surface area contributed by atoms with Gasteiger partial charge in [-0.25, -0.2) is 0 Å². The van der Waals surface area contributed by atoms with Gasteiger partial charge in [-0.05, 0) is 44.2 Å². The number of hydrogen-bond donors (Lipinski definition) is 3. The highest BCUT2D eigenvalue weighted by Gasteiger charge is 2.76. The maximum absolute atomic E-state index is 14.1. The first kappa shape index (κ1) is 25.0. The third-order valence-corrected chi connectivity index (χ3v) is 10.1. The Morgan fingerprint density at radius 2 is 1.88 bits per heavy atom. The maximum Gasteiger partial charge on any atom is 0.244 e. The van der Waals surface area contributed by atoms with Gasteiger partial charge in [-0.1, -0.05) is 45.4 Å². The van der Waals surface area contributed by atoms with Crippen LogP contribution in [0.15, 0.2) is 30.3 Å². The molecule has 0 aromatic heterocycles. The zero-order valence-corrected chi connectivity index (χ0v) is 21.5. The highest BCUT2D eigenvalue weighted by Crippen LogP contribution is 2.69.